The van der Waals surface area contributed by atoms with E-state index >= 15 is 0 Å². The molecule has 1 aliphatic rings. The van der Waals surface area contributed by atoms with Crippen LogP contribution in [0.3, 0.4) is 0 Å². The lowest BCUT2D eigenvalue weighted by Crippen LogP contribution is -2.41. The van der Waals surface area contributed by atoms with Gasteiger partial charge < -0.3 is 20.9 Å². The molecule has 4 nitrogen and oxygen atoms in total. The maximum absolute atomic E-state index is 6.27. The number of methoxy groups -OCH3 is 2. The molecule has 17 heavy (non-hydrogen) atoms. The summed E-state index contributed by atoms with van der Waals surface area (Å²) in [6.07, 6.45) is 1.98. The van der Waals surface area contributed by atoms with Crippen molar-refractivity contribution in [3.05, 3.63) is 23.8 Å². The average molecular weight is 236 g/mol. The summed E-state index contributed by atoms with van der Waals surface area (Å²) >= 11 is 0. The fraction of sp³-hybridized carbons (Fsp3) is 0.538. The molecule has 4 heteroatoms. The second-order valence-electron chi connectivity index (χ2n) is 4.63. The summed E-state index contributed by atoms with van der Waals surface area (Å²) in [5, 5.41) is 0. The summed E-state index contributed by atoms with van der Waals surface area (Å²) in [5.74, 6) is 2.07. The number of benzene rings is 1. The van der Waals surface area contributed by atoms with Gasteiger partial charge in [0, 0.05) is 17.6 Å². The van der Waals surface area contributed by atoms with E-state index in [-0.39, 0.29) is 6.04 Å². The minimum atomic E-state index is -0.0279. The molecule has 2 rings (SSSR count). The smallest absolute Gasteiger partial charge is 0.123 e. The Labute approximate surface area is 102 Å². The summed E-state index contributed by atoms with van der Waals surface area (Å²) in [5.41, 5.74) is 13.1. The van der Waals surface area contributed by atoms with E-state index in [4.69, 9.17) is 20.9 Å². The molecular formula is C13H20N2O2. The van der Waals surface area contributed by atoms with Crippen molar-refractivity contribution in [1.29, 1.82) is 0 Å². The maximum atomic E-state index is 6.27. The molecule has 94 valence electrons. The van der Waals surface area contributed by atoms with Gasteiger partial charge in [0.25, 0.3) is 0 Å². The number of hydrogen-bond donors (Lipinski definition) is 2. The van der Waals surface area contributed by atoms with Crippen LogP contribution in [-0.2, 0) is 0 Å². The standard InChI is InChI=1S/C13H20N2O2/c1-16-10-3-4-12(17-2)11(7-10)13(15)8-5-9(14)6-8/h3-4,7-9,13H,5-6,14-15H2,1-2H3. The van der Waals surface area contributed by atoms with Crippen molar-refractivity contribution in [2.24, 2.45) is 17.4 Å². The van der Waals surface area contributed by atoms with E-state index in [0.717, 1.165) is 29.9 Å². The zero-order valence-corrected chi connectivity index (χ0v) is 10.3. The van der Waals surface area contributed by atoms with Gasteiger partial charge in [0.05, 0.1) is 14.2 Å². The van der Waals surface area contributed by atoms with Crippen LogP contribution in [-0.4, -0.2) is 20.3 Å². The van der Waals surface area contributed by atoms with Crippen molar-refractivity contribution in [2.75, 3.05) is 14.2 Å². The molecule has 1 aromatic rings. The van der Waals surface area contributed by atoms with Crippen molar-refractivity contribution in [2.45, 2.75) is 24.9 Å². The Morgan fingerprint density at radius 2 is 1.94 bits per heavy atom. The molecule has 1 atom stereocenters. The van der Waals surface area contributed by atoms with E-state index in [1.807, 2.05) is 18.2 Å². The molecule has 0 spiro atoms. The van der Waals surface area contributed by atoms with E-state index in [2.05, 4.69) is 0 Å². The molecular weight excluding hydrogens is 216 g/mol. The number of nitrogens with two attached hydrogens (primary N) is 2. The van der Waals surface area contributed by atoms with E-state index in [1.54, 1.807) is 14.2 Å². The van der Waals surface area contributed by atoms with Gasteiger partial charge in [0.2, 0.25) is 0 Å². The van der Waals surface area contributed by atoms with Crippen LogP contribution in [0.25, 0.3) is 0 Å². The third-order valence-electron chi connectivity index (χ3n) is 3.51. The first kappa shape index (κ1) is 12.2. The van der Waals surface area contributed by atoms with E-state index in [1.165, 1.54) is 0 Å². The predicted octanol–water partition coefficient (Wildman–Crippen LogP) is 1.44. The summed E-state index contributed by atoms with van der Waals surface area (Å²) in [6, 6.07) is 6.00. The second kappa shape index (κ2) is 4.94. The SMILES string of the molecule is COc1ccc(OC)c(C(N)C2CC(N)C2)c1. The maximum Gasteiger partial charge on any atom is 0.123 e. The fourth-order valence-corrected chi connectivity index (χ4v) is 2.36. The molecule has 1 aromatic carbocycles. The Balaban J connectivity index is 2.22. The van der Waals surface area contributed by atoms with Crippen LogP contribution in [0.1, 0.15) is 24.4 Å². The summed E-state index contributed by atoms with van der Waals surface area (Å²) < 4.78 is 10.6. The first-order valence-corrected chi connectivity index (χ1v) is 5.88. The van der Waals surface area contributed by atoms with Gasteiger partial charge >= 0.3 is 0 Å². The van der Waals surface area contributed by atoms with Crippen molar-refractivity contribution < 1.29 is 9.47 Å². The Morgan fingerprint density at radius 3 is 2.47 bits per heavy atom. The number of hydrogen-bond acceptors (Lipinski definition) is 4. The highest BCUT2D eigenvalue weighted by molar-refractivity contribution is 5.42. The number of ether oxygens (including phenoxy) is 2. The van der Waals surface area contributed by atoms with Gasteiger partial charge in [-0.2, -0.15) is 0 Å². The fourth-order valence-electron chi connectivity index (χ4n) is 2.36. The van der Waals surface area contributed by atoms with Crippen LogP contribution in [0.4, 0.5) is 0 Å². The Morgan fingerprint density at radius 1 is 1.24 bits per heavy atom. The Bertz CT molecular complexity index is 389. The third-order valence-corrected chi connectivity index (χ3v) is 3.51. The minimum Gasteiger partial charge on any atom is -0.497 e. The quantitative estimate of drug-likeness (QED) is 0.830. The average Bonchev–Trinajstić information content (AvgIpc) is 2.33. The molecule has 4 N–H and O–H groups in total. The van der Waals surface area contributed by atoms with Gasteiger partial charge in [0.15, 0.2) is 0 Å². The summed E-state index contributed by atoms with van der Waals surface area (Å²) in [4.78, 5) is 0. The normalized spacial score (nSPS) is 24.9. The first-order chi connectivity index (χ1) is 8.15. The summed E-state index contributed by atoms with van der Waals surface area (Å²) in [6.45, 7) is 0. The second-order valence-corrected chi connectivity index (χ2v) is 4.63. The van der Waals surface area contributed by atoms with Crippen LogP contribution in [0.15, 0.2) is 18.2 Å². The van der Waals surface area contributed by atoms with Gasteiger partial charge in [-0.05, 0) is 37.0 Å². The van der Waals surface area contributed by atoms with E-state index < -0.39 is 0 Å². The van der Waals surface area contributed by atoms with Crippen LogP contribution in [0.2, 0.25) is 0 Å². The zero-order valence-electron chi connectivity index (χ0n) is 10.3. The van der Waals surface area contributed by atoms with Gasteiger partial charge in [-0.3, -0.25) is 0 Å². The van der Waals surface area contributed by atoms with Crippen LogP contribution < -0.4 is 20.9 Å². The van der Waals surface area contributed by atoms with Crippen molar-refractivity contribution in [3.63, 3.8) is 0 Å². The van der Waals surface area contributed by atoms with E-state index in [9.17, 15) is 0 Å². The van der Waals surface area contributed by atoms with Crippen LogP contribution in [0.5, 0.6) is 11.5 Å². The molecule has 0 aromatic heterocycles. The molecule has 1 saturated carbocycles. The molecule has 0 bridgehead atoms. The molecule has 0 amide bonds. The molecule has 0 heterocycles. The molecule has 0 aliphatic heterocycles. The summed E-state index contributed by atoms with van der Waals surface area (Å²) in [7, 11) is 3.31. The lowest BCUT2D eigenvalue weighted by Gasteiger charge is -2.37. The molecule has 1 unspecified atom stereocenters. The molecule has 0 radical (unpaired) electrons. The zero-order chi connectivity index (χ0) is 12.4. The van der Waals surface area contributed by atoms with Crippen molar-refractivity contribution in [3.8, 4) is 11.5 Å². The Kier molecular flexibility index (Phi) is 3.54. The first-order valence-electron chi connectivity index (χ1n) is 5.88. The predicted molar refractivity (Wildman–Crippen MR) is 67.2 cm³/mol. The van der Waals surface area contributed by atoms with Gasteiger partial charge in [-0.25, -0.2) is 0 Å². The Hall–Kier alpha value is -1.26. The van der Waals surface area contributed by atoms with Crippen LogP contribution in [0, 0.1) is 5.92 Å². The highest BCUT2D eigenvalue weighted by atomic mass is 16.5. The third kappa shape index (κ3) is 2.37. The van der Waals surface area contributed by atoms with E-state index in [0.29, 0.717) is 12.0 Å². The van der Waals surface area contributed by atoms with Crippen LogP contribution >= 0.6 is 0 Å². The van der Waals surface area contributed by atoms with Crippen molar-refractivity contribution in [1.82, 2.24) is 0 Å². The molecule has 1 aliphatic carbocycles. The lowest BCUT2D eigenvalue weighted by atomic mass is 9.74. The van der Waals surface area contributed by atoms with Crippen molar-refractivity contribution >= 4 is 0 Å². The highest BCUT2D eigenvalue weighted by Gasteiger charge is 2.33. The minimum absolute atomic E-state index is 0.0279. The largest absolute Gasteiger partial charge is 0.497 e. The topological polar surface area (TPSA) is 70.5 Å². The molecule has 0 saturated heterocycles. The lowest BCUT2D eigenvalue weighted by molar-refractivity contribution is 0.220. The molecule has 1 fully saturated rings. The van der Waals surface area contributed by atoms with Gasteiger partial charge in [0.1, 0.15) is 11.5 Å². The van der Waals surface area contributed by atoms with Gasteiger partial charge in [-0.1, -0.05) is 0 Å². The number of rotatable bonds is 4. The highest BCUT2D eigenvalue weighted by Crippen LogP contribution is 2.39. The van der Waals surface area contributed by atoms with Gasteiger partial charge in [-0.15, -0.1) is 0 Å². The monoisotopic (exact) mass is 236 g/mol.